The van der Waals surface area contributed by atoms with Gasteiger partial charge in [0.25, 0.3) is 0 Å². The molecule has 1 saturated heterocycles. The third kappa shape index (κ3) is 5.13. The van der Waals surface area contributed by atoms with Crippen molar-refractivity contribution in [1.82, 2.24) is 10.2 Å². The monoisotopic (exact) mass is 322 g/mol. The molecule has 1 aromatic rings. The largest absolute Gasteiger partial charge is 0.356 e. The maximum Gasteiger partial charge on any atom is 0.224 e. The van der Waals surface area contributed by atoms with Crippen LogP contribution in [-0.2, 0) is 16.0 Å². The number of hydrogen-bond donors (Lipinski definition) is 1. The lowest BCUT2D eigenvalue weighted by molar-refractivity contribution is -0.135. The molecular formula is C17H26N2O2S. The molecule has 0 saturated carbocycles. The van der Waals surface area contributed by atoms with Crippen molar-refractivity contribution in [2.24, 2.45) is 11.8 Å². The lowest BCUT2D eigenvalue weighted by Gasteiger charge is -2.32. The third-order valence-electron chi connectivity index (χ3n) is 3.99. The highest BCUT2D eigenvalue weighted by Crippen LogP contribution is 2.19. The van der Waals surface area contributed by atoms with Crippen molar-refractivity contribution in [1.29, 1.82) is 0 Å². The van der Waals surface area contributed by atoms with Crippen molar-refractivity contribution in [3.8, 4) is 0 Å². The normalized spacial score (nSPS) is 18.5. The zero-order valence-electron chi connectivity index (χ0n) is 13.5. The molecule has 2 amide bonds. The highest BCUT2D eigenvalue weighted by Gasteiger charge is 2.28. The number of likely N-dealkylation sites (tertiary alicyclic amines) is 1. The van der Waals surface area contributed by atoms with E-state index in [2.05, 4.69) is 25.2 Å². The molecule has 1 unspecified atom stereocenters. The van der Waals surface area contributed by atoms with Gasteiger partial charge in [0.1, 0.15) is 0 Å². The maximum atomic E-state index is 12.3. The van der Waals surface area contributed by atoms with E-state index in [1.54, 1.807) is 11.3 Å². The molecule has 0 spiro atoms. The Morgan fingerprint density at radius 3 is 2.95 bits per heavy atom. The number of aryl methyl sites for hydroxylation is 1. The fraction of sp³-hybridized carbons (Fsp3) is 0.647. The quantitative estimate of drug-likeness (QED) is 0.875. The summed E-state index contributed by atoms with van der Waals surface area (Å²) in [5.74, 6) is 0.688. The molecule has 1 aliphatic heterocycles. The predicted molar refractivity (Wildman–Crippen MR) is 89.8 cm³/mol. The zero-order chi connectivity index (χ0) is 15.9. The summed E-state index contributed by atoms with van der Waals surface area (Å²) in [7, 11) is 0. The van der Waals surface area contributed by atoms with Crippen LogP contribution in [0, 0.1) is 11.8 Å². The Morgan fingerprint density at radius 2 is 2.27 bits per heavy atom. The summed E-state index contributed by atoms with van der Waals surface area (Å²) in [6, 6.07) is 4.08. The molecule has 1 aliphatic rings. The van der Waals surface area contributed by atoms with Crippen LogP contribution in [0.15, 0.2) is 17.5 Å². The molecule has 122 valence electrons. The Hall–Kier alpha value is -1.36. The first-order chi connectivity index (χ1) is 10.6. The van der Waals surface area contributed by atoms with Gasteiger partial charge in [-0.3, -0.25) is 9.59 Å². The van der Waals surface area contributed by atoms with E-state index >= 15 is 0 Å². The van der Waals surface area contributed by atoms with Gasteiger partial charge in [0, 0.05) is 30.9 Å². The van der Waals surface area contributed by atoms with Gasteiger partial charge >= 0.3 is 0 Å². The summed E-state index contributed by atoms with van der Waals surface area (Å²) in [5.41, 5.74) is 0. The van der Waals surface area contributed by atoms with E-state index in [0.29, 0.717) is 25.4 Å². The average Bonchev–Trinajstić information content (AvgIpc) is 3.03. The Balaban J connectivity index is 1.79. The SMILES string of the molecule is CC(C)CNC(=O)C1CCCN(C(=O)CCc2cccs2)C1. The predicted octanol–water partition coefficient (Wildman–Crippen LogP) is 2.69. The first-order valence-electron chi connectivity index (χ1n) is 8.14. The summed E-state index contributed by atoms with van der Waals surface area (Å²) in [5, 5.41) is 5.03. The second-order valence-electron chi connectivity index (χ2n) is 6.40. The second-order valence-corrected chi connectivity index (χ2v) is 7.43. The molecule has 0 aromatic carbocycles. The molecule has 1 atom stereocenters. The number of amides is 2. The fourth-order valence-electron chi connectivity index (χ4n) is 2.71. The van der Waals surface area contributed by atoms with Gasteiger partial charge in [-0.15, -0.1) is 11.3 Å². The minimum absolute atomic E-state index is 0.0433. The molecule has 2 heterocycles. The van der Waals surface area contributed by atoms with Crippen LogP contribution in [0.1, 0.15) is 38.0 Å². The molecule has 5 heteroatoms. The van der Waals surface area contributed by atoms with Crippen molar-refractivity contribution >= 4 is 23.2 Å². The van der Waals surface area contributed by atoms with E-state index in [1.807, 2.05) is 16.3 Å². The van der Waals surface area contributed by atoms with Crippen molar-refractivity contribution in [3.63, 3.8) is 0 Å². The minimum Gasteiger partial charge on any atom is -0.356 e. The van der Waals surface area contributed by atoms with Crippen LogP contribution >= 0.6 is 11.3 Å². The molecule has 22 heavy (non-hydrogen) atoms. The van der Waals surface area contributed by atoms with E-state index in [0.717, 1.165) is 25.8 Å². The Kier molecular flexibility index (Phi) is 6.43. The fourth-order valence-corrected chi connectivity index (χ4v) is 3.42. The Labute approximate surface area is 136 Å². The van der Waals surface area contributed by atoms with E-state index < -0.39 is 0 Å². The van der Waals surface area contributed by atoms with Gasteiger partial charge in [0.05, 0.1) is 5.92 Å². The number of nitrogens with zero attached hydrogens (tertiary/aromatic N) is 1. The molecule has 0 bridgehead atoms. The molecule has 0 aliphatic carbocycles. The van der Waals surface area contributed by atoms with Crippen LogP contribution in [0.2, 0.25) is 0 Å². The van der Waals surface area contributed by atoms with E-state index in [9.17, 15) is 9.59 Å². The van der Waals surface area contributed by atoms with Crippen LogP contribution in [0.25, 0.3) is 0 Å². The standard InChI is InChI=1S/C17H26N2O2S/c1-13(2)11-18-17(21)14-5-3-9-19(12-14)16(20)8-7-15-6-4-10-22-15/h4,6,10,13-14H,3,5,7-9,11-12H2,1-2H3,(H,18,21). The Bertz CT molecular complexity index is 485. The van der Waals surface area contributed by atoms with Crippen LogP contribution in [-0.4, -0.2) is 36.3 Å². The van der Waals surface area contributed by atoms with Crippen LogP contribution in [0.5, 0.6) is 0 Å². The van der Waals surface area contributed by atoms with Gasteiger partial charge in [0.2, 0.25) is 11.8 Å². The van der Waals surface area contributed by atoms with Crippen LogP contribution in [0.4, 0.5) is 0 Å². The summed E-state index contributed by atoms with van der Waals surface area (Å²) in [6.07, 6.45) is 3.15. The van der Waals surface area contributed by atoms with E-state index in [4.69, 9.17) is 0 Å². The van der Waals surface area contributed by atoms with Gasteiger partial charge in [-0.1, -0.05) is 19.9 Å². The second kappa shape index (κ2) is 8.32. The van der Waals surface area contributed by atoms with Crippen LogP contribution < -0.4 is 5.32 Å². The number of piperidine rings is 1. The average molecular weight is 322 g/mol. The molecule has 1 aromatic heterocycles. The first kappa shape index (κ1) is 17.0. The van der Waals surface area contributed by atoms with Crippen molar-refractivity contribution in [3.05, 3.63) is 22.4 Å². The van der Waals surface area contributed by atoms with Crippen molar-refractivity contribution < 1.29 is 9.59 Å². The van der Waals surface area contributed by atoms with Crippen molar-refractivity contribution in [2.75, 3.05) is 19.6 Å². The number of hydrogen-bond acceptors (Lipinski definition) is 3. The topological polar surface area (TPSA) is 49.4 Å². The minimum atomic E-state index is -0.0433. The molecule has 4 nitrogen and oxygen atoms in total. The summed E-state index contributed by atoms with van der Waals surface area (Å²) < 4.78 is 0. The van der Waals surface area contributed by atoms with Crippen molar-refractivity contribution in [2.45, 2.75) is 39.5 Å². The number of thiophene rings is 1. The number of nitrogens with one attached hydrogen (secondary N) is 1. The molecule has 0 radical (unpaired) electrons. The van der Waals surface area contributed by atoms with Gasteiger partial charge in [-0.25, -0.2) is 0 Å². The summed E-state index contributed by atoms with van der Waals surface area (Å²) in [6.45, 7) is 6.25. The number of carbonyl (C=O) groups is 2. The zero-order valence-corrected chi connectivity index (χ0v) is 14.3. The van der Waals surface area contributed by atoms with E-state index in [1.165, 1.54) is 4.88 Å². The van der Waals surface area contributed by atoms with Gasteiger partial charge < -0.3 is 10.2 Å². The first-order valence-corrected chi connectivity index (χ1v) is 9.02. The number of carbonyl (C=O) groups excluding carboxylic acids is 2. The van der Waals surface area contributed by atoms with Crippen LogP contribution in [0.3, 0.4) is 0 Å². The van der Waals surface area contributed by atoms with Gasteiger partial charge in [0.15, 0.2) is 0 Å². The number of rotatable bonds is 6. The highest BCUT2D eigenvalue weighted by molar-refractivity contribution is 7.09. The Morgan fingerprint density at radius 1 is 1.45 bits per heavy atom. The smallest absolute Gasteiger partial charge is 0.224 e. The molecule has 1 fully saturated rings. The van der Waals surface area contributed by atoms with Gasteiger partial charge in [-0.05, 0) is 36.6 Å². The molecule has 2 rings (SSSR count). The highest BCUT2D eigenvalue weighted by atomic mass is 32.1. The third-order valence-corrected chi connectivity index (χ3v) is 4.93. The summed E-state index contributed by atoms with van der Waals surface area (Å²) >= 11 is 1.69. The molecular weight excluding hydrogens is 296 g/mol. The molecule has 1 N–H and O–H groups in total. The lowest BCUT2D eigenvalue weighted by atomic mass is 9.96. The van der Waals surface area contributed by atoms with Gasteiger partial charge in [-0.2, -0.15) is 0 Å². The maximum absolute atomic E-state index is 12.3. The summed E-state index contributed by atoms with van der Waals surface area (Å²) in [4.78, 5) is 27.6. The lowest BCUT2D eigenvalue weighted by Crippen LogP contribution is -2.46. The van der Waals surface area contributed by atoms with E-state index in [-0.39, 0.29) is 17.7 Å².